The molecule has 3 amide bonds. The zero-order valence-electron chi connectivity index (χ0n) is 16.7. The molecule has 0 aliphatic carbocycles. The maximum absolute atomic E-state index is 12.2. The molecule has 0 unspecified atom stereocenters. The van der Waals surface area contributed by atoms with Crippen LogP contribution in [0.1, 0.15) is 26.3 Å². The van der Waals surface area contributed by atoms with E-state index in [1.54, 1.807) is 72.8 Å². The Labute approximate surface area is 185 Å². The Bertz CT molecular complexity index is 1040. The van der Waals surface area contributed by atoms with Crippen molar-refractivity contribution in [1.82, 2.24) is 10.6 Å². The lowest BCUT2D eigenvalue weighted by molar-refractivity contribution is -0.115. The van der Waals surface area contributed by atoms with Gasteiger partial charge in [-0.1, -0.05) is 41.9 Å². The highest BCUT2D eigenvalue weighted by molar-refractivity contribution is 6.30. The van der Waals surface area contributed by atoms with Gasteiger partial charge in [0.05, 0.1) is 6.42 Å². The van der Waals surface area contributed by atoms with E-state index in [0.717, 1.165) is 5.56 Å². The standard InChI is InChI=1S/C24H22ClN3O3/c25-20-10-6-17(7-11-20)16-22(29)28-21-12-8-19(9-13-21)24(31)27-15-14-26-23(30)18-4-2-1-3-5-18/h1-13H,14-16H2,(H,26,30)(H,27,31)(H,28,29). The molecule has 0 fully saturated rings. The number of anilines is 1. The third-order valence-electron chi connectivity index (χ3n) is 4.44. The summed E-state index contributed by atoms with van der Waals surface area (Å²) in [6.07, 6.45) is 0.230. The van der Waals surface area contributed by atoms with Gasteiger partial charge in [-0.05, 0) is 54.1 Å². The summed E-state index contributed by atoms with van der Waals surface area (Å²) < 4.78 is 0. The van der Waals surface area contributed by atoms with Gasteiger partial charge in [0.25, 0.3) is 11.8 Å². The van der Waals surface area contributed by atoms with Crippen LogP contribution in [0.3, 0.4) is 0 Å². The summed E-state index contributed by atoms with van der Waals surface area (Å²) in [5.41, 5.74) is 2.50. The molecular weight excluding hydrogens is 414 g/mol. The number of rotatable bonds is 8. The molecule has 0 heterocycles. The first-order valence-corrected chi connectivity index (χ1v) is 10.1. The summed E-state index contributed by atoms with van der Waals surface area (Å²) in [5, 5.41) is 8.92. The van der Waals surface area contributed by atoms with Crippen molar-refractivity contribution in [3.8, 4) is 0 Å². The van der Waals surface area contributed by atoms with Gasteiger partial charge in [-0.3, -0.25) is 14.4 Å². The maximum atomic E-state index is 12.2. The molecule has 3 aromatic rings. The smallest absolute Gasteiger partial charge is 0.251 e. The van der Waals surface area contributed by atoms with Crippen LogP contribution in [-0.2, 0) is 11.2 Å². The minimum absolute atomic E-state index is 0.159. The number of carbonyl (C=O) groups excluding carboxylic acids is 3. The third kappa shape index (κ3) is 6.97. The normalized spacial score (nSPS) is 10.2. The van der Waals surface area contributed by atoms with Crippen LogP contribution in [-0.4, -0.2) is 30.8 Å². The predicted molar refractivity (Wildman–Crippen MR) is 121 cm³/mol. The number of halogens is 1. The van der Waals surface area contributed by atoms with E-state index in [1.807, 2.05) is 6.07 Å². The van der Waals surface area contributed by atoms with E-state index >= 15 is 0 Å². The SMILES string of the molecule is O=C(Cc1ccc(Cl)cc1)Nc1ccc(C(=O)NCCNC(=O)c2ccccc2)cc1. The fourth-order valence-electron chi connectivity index (χ4n) is 2.84. The van der Waals surface area contributed by atoms with E-state index in [4.69, 9.17) is 11.6 Å². The molecule has 0 bridgehead atoms. The molecule has 0 atom stereocenters. The molecule has 0 saturated carbocycles. The van der Waals surface area contributed by atoms with Gasteiger partial charge < -0.3 is 16.0 Å². The van der Waals surface area contributed by atoms with Crippen molar-refractivity contribution in [3.05, 3.63) is 101 Å². The molecule has 6 nitrogen and oxygen atoms in total. The summed E-state index contributed by atoms with van der Waals surface area (Å²) in [5.74, 6) is -0.602. The predicted octanol–water partition coefficient (Wildman–Crippen LogP) is 3.68. The molecule has 0 radical (unpaired) electrons. The van der Waals surface area contributed by atoms with Crippen LogP contribution in [0, 0.1) is 0 Å². The first-order valence-electron chi connectivity index (χ1n) is 9.77. The molecule has 0 aliphatic heterocycles. The van der Waals surface area contributed by atoms with Gasteiger partial charge in [0.15, 0.2) is 0 Å². The van der Waals surface area contributed by atoms with Crippen LogP contribution < -0.4 is 16.0 Å². The van der Waals surface area contributed by atoms with E-state index in [1.165, 1.54) is 0 Å². The Balaban J connectivity index is 1.41. The van der Waals surface area contributed by atoms with E-state index < -0.39 is 0 Å². The maximum Gasteiger partial charge on any atom is 0.251 e. The summed E-state index contributed by atoms with van der Waals surface area (Å²) in [7, 11) is 0. The average Bonchev–Trinajstić information content (AvgIpc) is 2.79. The van der Waals surface area contributed by atoms with Gasteiger partial charge >= 0.3 is 0 Å². The van der Waals surface area contributed by atoms with Crippen molar-refractivity contribution < 1.29 is 14.4 Å². The molecule has 3 N–H and O–H groups in total. The molecule has 0 aromatic heterocycles. The first kappa shape index (κ1) is 22.1. The molecule has 31 heavy (non-hydrogen) atoms. The van der Waals surface area contributed by atoms with Gasteiger partial charge in [0, 0.05) is 34.9 Å². The lowest BCUT2D eigenvalue weighted by Crippen LogP contribution is -2.34. The van der Waals surface area contributed by atoms with Crippen LogP contribution in [0.25, 0.3) is 0 Å². The van der Waals surface area contributed by atoms with Crippen LogP contribution >= 0.6 is 11.6 Å². The van der Waals surface area contributed by atoms with Crippen LogP contribution in [0.4, 0.5) is 5.69 Å². The average molecular weight is 436 g/mol. The molecule has 3 aromatic carbocycles. The van der Waals surface area contributed by atoms with Crippen molar-refractivity contribution in [2.24, 2.45) is 0 Å². The molecule has 7 heteroatoms. The second-order valence-corrected chi connectivity index (χ2v) is 7.24. The number of amides is 3. The van der Waals surface area contributed by atoms with Gasteiger partial charge in [0.2, 0.25) is 5.91 Å². The van der Waals surface area contributed by atoms with E-state index in [2.05, 4.69) is 16.0 Å². The van der Waals surface area contributed by atoms with Gasteiger partial charge in [0.1, 0.15) is 0 Å². The molecule has 158 valence electrons. The zero-order valence-corrected chi connectivity index (χ0v) is 17.5. The number of benzene rings is 3. The van der Waals surface area contributed by atoms with Crippen molar-refractivity contribution >= 4 is 35.0 Å². The second-order valence-electron chi connectivity index (χ2n) is 6.81. The van der Waals surface area contributed by atoms with Crippen molar-refractivity contribution in [3.63, 3.8) is 0 Å². The number of hydrogen-bond acceptors (Lipinski definition) is 3. The van der Waals surface area contributed by atoms with Crippen molar-refractivity contribution in [2.75, 3.05) is 18.4 Å². The number of carbonyl (C=O) groups is 3. The lowest BCUT2D eigenvalue weighted by Gasteiger charge is -2.09. The lowest BCUT2D eigenvalue weighted by atomic mass is 10.1. The van der Waals surface area contributed by atoms with Crippen molar-refractivity contribution in [2.45, 2.75) is 6.42 Å². The fraction of sp³-hybridized carbons (Fsp3) is 0.125. The Kier molecular flexibility index (Phi) is 7.79. The topological polar surface area (TPSA) is 87.3 Å². The largest absolute Gasteiger partial charge is 0.350 e. The van der Waals surface area contributed by atoms with Gasteiger partial charge in [-0.15, -0.1) is 0 Å². The van der Waals surface area contributed by atoms with Gasteiger partial charge in [-0.25, -0.2) is 0 Å². The summed E-state index contributed by atoms with van der Waals surface area (Å²) in [4.78, 5) is 36.4. The Hall–Kier alpha value is -3.64. The van der Waals surface area contributed by atoms with E-state index in [-0.39, 0.29) is 24.1 Å². The molecule has 0 aliphatic rings. The highest BCUT2D eigenvalue weighted by Crippen LogP contribution is 2.13. The number of hydrogen-bond donors (Lipinski definition) is 3. The quantitative estimate of drug-likeness (QED) is 0.472. The minimum Gasteiger partial charge on any atom is -0.350 e. The zero-order chi connectivity index (χ0) is 22.1. The minimum atomic E-state index is -0.256. The first-order chi connectivity index (χ1) is 15.0. The van der Waals surface area contributed by atoms with Crippen LogP contribution in [0.15, 0.2) is 78.9 Å². The highest BCUT2D eigenvalue weighted by atomic mass is 35.5. The highest BCUT2D eigenvalue weighted by Gasteiger charge is 2.08. The Morgan fingerprint density at radius 1 is 0.677 bits per heavy atom. The van der Waals surface area contributed by atoms with Crippen LogP contribution in [0.2, 0.25) is 5.02 Å². The molecule has 0 saturated heterocycles. The summed E-state index contributed by atoms with van der Waals surface area (Å²) in [6, 6.07) is 22.6. The van der Waals surface area contributed by atoms with Gasteiger partial charge in [-0.2, -0.15) is 0 Å². The van der Waals surface area contributed by atoms with Crippen molar-refractivity contribution in [1.29, 1.82) is 0 Å². The number of nitrogens with one attached hydrogen (secondary N) is 3. The van der Waals surface area contributed by atoms with E-state index in [0.29, 0.717) is 34.9 Å². The monoisotopic (exact) mass is 435 g/mol. The Morgan fingerprint density at radius 2 is 1.23 bits per heavy atom. The summed E-state index contributed by atoms with van der Waals surface area (Å²) >= 11 is 5.85. The second kappa shape index (κ2) is 10.9. The molecular formula is C24H22ClN3O3. The van der Waals surface area contributed by atoms with Crippen LogP contribution in [0.5, 0.6) is 0 Å². The summed E-state index contributed by atoms with van der Waals surface area (Å²) in [6.45, 7) is 0.620. The molecule has 3 rings (SSSR count). The fourth-order valence-corrected chi connectivity index (χ4v) is 2.97. The third-order valence-corrected chi connectivity index (χ3v) is 4.69. The Morgan fingerprint density at radius 3 is 1.81 bits per heavy atom. The van der Waals surface area contributed by atoms with E-state index in [9.17, 15) is 14.4 Å². The molecule has 0 spiro atoms.